The van der Waals surface area contributed by atoms with Gasteiger partial charge < -0.3 is 19.4 Å². The van der Waals surface area contributed by atoms with E-state index >= 15 is 0 Å². The summed E-state index contributed by atoms with van der Waals surface area (Å²) < 4.78 is 36.8. The minimum atomic E-state index is -3.76. The molecule has 0 spiro atoms. The third kappa shape index (κ3) is 6.64. The lowest BCUT2D eigenvalue weighted by Gasteiger charge is -2.26. The number of rotatable bonds is 11. The van der Waals surface area contributed by atoms with Crippen molar-refractivity contribution in [2.75, 3.05) is 22.6 Å². The molecule has 0 aliphatic rings. The summed E-state index contributed by atoms with van der Waals surface area (Å²) in [5.74, 6) is 0.611. The highest BCUT2D eigenvalue weighted by Gasteiger charge is 2.26. The number of amides is 1. The summed E-state index contributed by atoms with van der Waals surface area (Å²) in [6.45, 7) is 8.45. The molecule has 2 heterocycles. The van der Waals surface area contributed by atoms with Crippen LogP contribution in [0, 0.1) is 13.8 Å². The van der Waals surface area contributed by atoms with Crippen molar-refractivity contribution in [1.29, 1.82) is 0 Å². The van der Waals surface area contributed by atoms with Crippen LogP contribution in [0.5, 0.6) is 5.75 Å². The summed E-state index contributed by atoms with van der Waals surface area (Å²) in [6, 6.07) is 16.8. The van der Waals surface area contributed by atoms with Crippen molar-refractivity contribution in [3.05, 3.63) is 95.2 Å². The summed E-state index contributed by atoms with van der Waals surface area (Å²) in [5.41, 5.74) is 3.84. The Hall–Kier alpha value is -4.18. The van der Waals surface area contributed by atoms with E-state index in [1.807, 2.05) is 68.1 Å². The van der Waals surface area contributed by atoms with Crippen molar-refractivity contribution in [2.24, 2.45) is 0 Å². The van der Waals surface area contributed by atoms with Crippen LogP contribution in [0.4, 0.5) is 11.4 Å². The Morgan fingerprint density at radius 3 is 2.51 bits per heavy atom. The van der Waals surface area contributed by atoms with Gasteiger partial charge in [0.2, 0.25) is 15.0 Å². The second-order valence-corrected chi connectivity index (χ2v) is 11.2. The van der Waals surface area contributed by atoms with Gasteiger partial charge in [0, 0.05) is 17.8 Å². The van der Waals surface area contributed by atoms with Crippen molar-refractivity contribution >= 4 is 27.1 Å². The van der Waals surface area contributed by atoms with Crippen molar-refractivity contribution in [2.45, 2.75) is 45.9 Å². The summed E-state index contributed by atoms with van der Waals surface area (Å²) in [4.78, 5) is 24.0. The van der Waals surface area contributed by atoms with Gasteiger partial charge in [0.1, 0.15) is 11.5 Å². The van der Waals surface area contributed by atoms with Gasteiger partial charge >= 0.3 is 0 Å². The number of furan rings is 1. The van der Waals surface area contributed by atoms with Gasteiger partial charge in [0.25, 0.3) is 5.91 Å². The van der Waals surface area contributed by atoms with Crippen LogP contribution in [0.2, 0.25) is 0 Å². The summed E-state index contributed by atoms with van der Waals surface area (Å²) in [5, 5.41) is 2.48. The molecule has 0 bridgehead atoms. The number of hydrogen-bond donors (Lipinski definition) is 1. The maximum atomic E-state index is 13.7. The smallest absolute Gasteiger partial charge is 0.276 e. The quantitative estimate of drug-likeness (QED) is 0.250. The highest BCUT2D eigenvalue weighted by molar-refractivity contribution is 7.91. The number of para-hydroxylation sites is 1. The molecule has 0 saturated carbocycles. The average Bonchev–Trinajstić information content (AvgIpc) is 3.44. The third-order valence-corrected chi connectivity index (χ3v) is 7.80. The number of ether oxygens (including phenoxy) is 1. The van der Waals surface area contributed by atoms with Crippen LogP contribution in [-0.4, -0.2) is 36.7 Å². The largest absolute Gasteiger partial charge is 0.494 e. The Labute approximate surface area is 228 Å². The topological polar surface area (TPSA) is 115 Å². The molecule has 10 heteroatoms. The third-order valence-electron chi connectivity index (χ3n) is 6.29. The number of nitrogens with zero attached hydrogens (tertiary/aromatic N) is 3. The molecule has 0 saturated heterocycles. The van der Waals surface area contributed by atoms with E-state index in [9.17, 15) is 13.2 Å². The number of carbonyl (C=O) groups is 1. The zero-order valence-corrected chi connectivity index (χ0v) is 23.3. The predicted octanol–water partition coefficient (Wildman–Crippen LogP) is 5.34. The molecular weight excluding hydrogens is 516 g/mol. The molecule has 0 aliphatic carbocycles. The molecule has 4 rings (SSSR count). The number of nitrogens with one attached hydrogen (secondary N) is 1. The van der Waals surface area contributed by atoms with Crippen LogP contribution in [0.3, 0.4) is 0 Å². The van der Waals surface area contributed by atoms with E-state index in [1.165, 1.54) is 13.1 Å². The van der Waals surface area contributed by atoms with Crippen LogP contribution in [-0.2, 0) is 22.9 Å². The first-order valence-corrected chi connectivity index (χ1v) is 14.3. The minimum Gasteiger partial charge on any atom is -0.494 e. The molecule has 39 heavy (non-hydrogen) atoms. The molecule has 1 amide bonds. The lowest BCUT2D eigenvalue weighted by atomic mass is 10.1. The fourth-order valence-electron chi connectivity index (χ4n) is 4.00. The van der Waals surface area contributed by atoms with Gasteiger partial charge in [-0.3, -0.25) is 4.79 Å². The predicted molar refractivity (Wildman–Crippen MR) is 150 cm³/mol. The molecule has 2 aromatic carbocycles. The second kappa shape index (κ2) is 12.1. The van der Waals surface area contributed by atoms with Crippen LogP contribution >= 0.6 is 0 Å². The van der Waals surface area contributed by atoms with Gasteiger partial charge in [0.15, 0.2) is 5.69 Å². The van der Waals surface area contributed by atoms with Crippen molar-refractivity contribution in [3.8, 4) is 5.75 Å². The first-order chi connectivity index (χ1) is 18.7. The van der Waals surface area contributed by atoms with Crippen molar-refractivity contribution in [1.82, 2.24) is 9.97 Å². The molecule has 204 valence electrons. The zero-order chi connectivity index (χ0) is 28.0. The van der Waals surface area contributed by atoms with Crippen molar-refractivity contribution in [3.63, 3.8) is 0 Å². The highest BCUT2D eigenvalue weighted by Crippen LogP contribution is 2.28. The molecule has 0 aliphatic heterocycles. The number of carbonyl (C=O) groups excluding carboxylic acids is 1. The molecular formula is C29H32N4O5S. The molecule has 4 aromatic rings. The average molecular weight is 549 g/mol. The number of sulfone groups is 1. The van der Waals surface area contributed by atoms with Crippen LogP contribution in [0.25, 0.3) is 0 Å². The molecule has 0 atom stereocenters. The van der Waals surface area contributed by atoms with E-state index in [2.05, 4.69) is 15.3 Å². The Kier molecular flexibility index (Phi) is 8.65. The normalized spacial score (nSPS) is 11.3. The molecule has 0 radical (unpaired) electrons. The summed E-state index contributed by atoms with van der Waals surface area (Å²) in [6.07, 6.45) is 2.96. The fourth-order valence-corrected chi connectivity index (χ4v) is 4.70. The maximum absolute atomic E-state index is 13.7. The molecule has 9 nitrogen and oxygen atoms in total. The number of hydrogen-bond acceptors (Lipinski definition) is 8. The van der Waals surface area contributed by atoms with E-state index in [0.29, 0.717) is 36.0 Å². The number of anilines is 2. The SMILES string of the molecule is CCOc1ccccc1CN(Cc1ccco1)c1cnc(S(=O)(=O)CC)nc1C(=O)Nc1ccc(C)c(C)c1. The van der Waals surface area contributed by atoms with Gasteiger partial charge in [0.05, 0.1) is 37.1 Å². The van der Waals surface area contributed by atoms with Crippen molar-refractivity contribution < 1.29 is 22.4 Å². The number of aryl methyl sites for hydroxylation is 2. The molecule has 2 aromatic heterocycles. The Morgan fingerprint density at radius 2 is 1.82 bits per heavy atom. The van der Waals surface area contributed by atoms with Gasteiger partial charge in [-0.1, -0.05) is 31.2 Å². The first kappa shape index (κ1) is 27.8. The Balaban J connectivity index is 1.81. The lowest BCUT2D eigenvalue weighted by Crippen LogP contribution is -2.28. The summed E-state index contributed by atoms with van der Waals surface area (Å²) >= 11 is 0. The van der Waals surface area contributed by atoms with E-state index in [-0.39, 0.29) is 18.0 Å². The first-order valence-electron chi connectivity index (χ1n) is 12.7. The standard InChI is InChI=1S/C29H32N4O5S/c1-5-37-26-12-8-7-10-22(26)18-33(19-24-11-9-15-38-24)25-17-30-29(39(35,36)6-2)32-27(25)28(34)31-23-14-13-20(3)21(4)16-23/h7-17H,5-6,18-19H2,1-4H3,(H,31,34). The second-order valence-electron chi connectivity index (χ2n) is 9.02. The van der Waals surface area contributed by atoms with Crippen LogP contribution in [0.15, 0.2) is 76.6 Å². The van der Waals surface area contributed by atoms with E-state index in [0.717, 1.165) is 16.7 Å². The van der Waals surface area contributed by atoms with E-state index in [1.54, 1.807) is 18.4 Å². The monoisotopic (exact) mass is 548 g/mol. The number of benzene rings is 2. The van der Waals surface area contributed by atoms with Gasteiger partial charge in [-0.15, -0.1) is 0 Å². The lowest BCUT2D eigenvalue weighted by molar-refractivity contribution is 0.102. The zero-order valence-electron chi connectivity index (χ0n) is 22.5. The van der Waals surface area contributed by atoms with E-state index < -0.39 is 20.9 Å². The van der Waals surface area contributed by atoms with Crippen LogP contribution in [0.1, 0.15) is 46.8 Å². The van der Waals surface area contributed by atoms with Gasteiger partial charge in [-0.2, -0.15) is 0 Å². The Bertz CT molecular complexity index is 1550. The molecule has 1 N–H and O–H groups in total. The van der Waals surface area contributed by atoms with Gasteiger partial charge in [-0.25, -0.2) is 18.4 Å². The fraction of sp³-hybridized carbons (Fsp3) is 0.276. The Morgan fingerprint density at radius 1 is 1.03 bits per heavy atom. The minimum absolute atomic E-state index is 0.0595. The van der Waals surface area contributed by atoms with E-state index in [4.69, 9.17) is 9.15 Å². The molecule has 0 fully saturated rings. The number of aromatic nitrogens is 2. The maximum Gasteiger partial charge on any atom is 0.276 e. The summed E-state index contributed by atoms with van der Waals surface area (Å²) in [7, 11) is -3.76. The van der Waals surface area contributed by atoms with Gasteiger partial charge in [-0.05, 0) is 62.2 Å². The highest BCUT2D eigenvalue weighted by atomic mass is 32.2. The molecule has 0 unspecified atom stereocenters. The van der Waals surface area contributed by atoms with Crippen LogP contribution < -0.4 is 15.0 Å².